The number of nitrogens with zero attached hydrogens (tertiary/aromatic N) is 1. The van der Waals surface area contributed by atoms with E-state index in [1.54, 1.807) is 21.3 Å². The molecule has 0 amide bonds. The fourth-order valence-corrected chi connectivity index (χ4v) is 3.08. The molecule has 0 N–H and O–H groups in total. The van der Waals surface area contributed by atoms with E-state index in [4.69, 9.17) is 28.0 Å². The van der Waals surface area contributed by atoms with Gasteiger partial charge in [0.2, 0.25) is 0 Å². The Kier molecular flexibility index (Phi) is 11.3. The molecule has 0 spiro atoms. The highest BCUT2D eigenvalue weighted by molar-refractivity contribution is 6.60. The van der Waals surface area contributed by atoms with Crippen LogP contribution in [0.2, 0.25) is 6.04 Å². The molecule has 0 aliphatic rings. The molecule has 0 heterocycles. The molecule has 7 heteroatoms. The molecule has 0 unspecified atom stereocenters. The van der Waals surface area contributed by atoms with Crippen molar-refractivity contribution in [3.8, 4) is 6.07 Å². The van der Waals surface area contributed by atoms with E-state index >= 15 is 0 Å². The Morgan fingerprint density at radius 1 is 0.889 bits per heavy atom. The maximum Gasteiger partial charge on any atom is 0.500 e. The van der Waals surface area contributed by atoms with Crippen LogP contribution in [0, 0.1) is 11.3 Å². The van der Waals surface area contributed by atoms with Gasteiger partial charge in [0, 0.05) is 34.0 Å². The number of hydrogen-bond donors (Lipinski definition) is 0. The lowest BCUT2D eigenvalue weighted by atomic mass is 10.5. The first-order valence-corrected chi connectivity index (χ1v) is 7.85. The summed E-state index contributed by atoms with van der Waals surface area (Å²) in [4.78, 5) is 0. The van der Waals surface area contributed by atoms with Crippen LogP contribution in [0.4, 0.5) is 0 Å². The van der Waals surface area contributed by atoms with Crippen LogP contribution in [-0.4, -0.2) is 56.6 Å². The van der Waals surface area contributed by atoms with Gasteiger partial charge < -0.3 is 22.8 Å². The Labute approximate surface area is 110 Å². The summed E-state index contributed by atoms with van der Waals surface area (Å²) in [7, 11) is 2.35. The summed E-state index contributed by atoms with van der Waals surface area (Å²) in [6, 6.07) is 2.74. The predicted molar refractivity (Wildman–Crippen MR) is 68.1 cm³/mol. The summed E-state index contributed by atoms with van der Waals surface area (Å²) in [5, 5.41) is 8.29. The topological polar surface area (TPSA) is 69.9 Å². The molecule has 0 saturated heterocycles. The third-order valence-corrected chi connectivity index (χ3v) is 5.27. The molecule has 0 aromatic rings. The van der Waals surface area contributed by atoms with Crippen LogP contribution in [0.15, 0.2) is 0 Å². The summed E-state index contributed by atoms with van der Waals surface area (Å²) in [6.45, 7) is 2.13. The standard InChI is InChI=1S/C11H23NO5Si/c1-13-18(14-2,15-3)11-5-8-17-10-9-16-7-4-6-12/h4-5,7-11H2,1-3H3. The molecule has 0 rings (SSSR count). The largest absolute Gasteiger partial charge is 0.500 e. The third-order valence-electron chi connectivity index (χ3n) is 2.43. The minimum atomic E-state index is -2.45. The fourth-order valence-electron chi connectivity index (χ4n) is 1.39. The molecule has 0 aromatic carbocycles. The van der Waals surface area contributed by atoms with E-state index in [2.05, 4.69) is 0 Å². The molecule has 0 radical (unpaired) electrons. The SMILES string of the molecule is CO[Si](CCCOCCOCCC#N)(OC)OC. The molecule has 0 atom stereocenters. The van der Waals surface area contributed by atoms with Gasteiger partial charge in [-0.2, -0.15) is 5.26 Å². The number of rotatable bonds is 12. The van der Waals surface area contributed by atoms with Gasteiger partial charge in [-0.05, 0) is 6.42 Å². The second-order valence-electron chi connectivity index (χ2n) is 3.53. The van der Waals surface area contributed by atoms with E-state index < -0.39 is 8.80 Å². The lowest BCUT2D eigenvalue weighted by Gasteiger charge is -2.24. The molecular formula is C11H23NO5Si. The zero-order valence-electron chi connectivity index (χ0n) is 11.4. The molecule has 106 valence electrons. The van der Waals surface area contributed by atoms with Crippen LogP contribution in [0.25, 0.3) is 0 Å². The van der Waals surface area contributed by atoms with Crippen LogP contribution in [0.1, 0.15) is 12.8 Å². The highest BCUT2D eigenvalue weighted by Crippen LogP contribution is 2.14. The van der Waals surface area contributed by atoms with Crippen LogP contribution in [0.3, 0.4) is 0 Å². The van der Waals surface area contributed by atoms with Crippen LogP contribution in [-0.2, 0) is 22.8 Å². The molecule has 0 fully saturated rings. The first-order valence-electron chi connectivity index (χ1n) is 5.92. The highest BCUT2D eigenvalue weighted by Gasteiger charge is 2.36. The van der Waals surface area contributed by atoms with E-state index in [-0.39, 0.29) is 0 Å². The van der Waals surface area contributed by atoms with Crippen molar-refractivity contribution in [3.63, 3.8) is 0 Å². The van der Waals surface area contributed by atoms with Gasteiger partial charge in [-0.15, -0.1) is 0 Å². The first kappa shape index (κ1) is 17.5. The molecule has 0 aromatic heterocycles. The Bertz CT molecular complexity index is 222. The number of nitriles is 1. The summed E-state index contributed by atoms with van der Waals surface area (Å²) in [5.74, 6) is 0. The van der Waals surface area contributed by atoms with E-state index in [0.717, 1.165) is 12.5 Å². The van der Waals surface area contributed by atoms with Crippen LogP contribution in [0.5, 0.6) is 0 Å². The van der Waals surface area contributed by atoms with Crippen molar-refractivity contribution in [2.24, 2.45) is 0 Å². The van der Waals surface area contributed by atoms with Gasteiger partial charge in [-0.1, -0.05) is 0 Å². The van der Waals surface area contributed by atoms with Gasteiger partial charge in [-0.25, -0.2) is 0 Å². The summed E-state index contributed by atoms with van der Waals surface area (Å²) >= 11 is 0. The van der Waals surface area contributed by atoms with Gasteiger partial charge in [-0.3, -0.25) is 0 Å². The number of ether oxygens (including phenoxy) is 2. The van der Waals surface area contributed by atoms with Crippen LogP contribution >= 0.6 is 0 Å². The minimum absolute atomic E-state index is 0.420. The minimum Gasteiger partial charge on any atom is -0.379 e. The van der Waals surface area contributed by atoms with Crippen molar-refractivity contribution in [1.29, 1.82) is 5.26 Å². The average molecular weight is 277 g/mol. The summed E-state index contributed by atoms with van der Waals surface area (Å²) in [6.07, 6.45) is 1.24. The van der Waals surface area contributed by atoms with Gasteiger partial charge in [0.25, 0.3) is 0 Å². The fraction of sp³-hybridized carbons (Fsp3) is 0.909. The molecule has 0 saturated carbocycles. The quantitative estimate of drug-likeness (QED) is 0.394. The first-order chi connectivity index (χ1) is 8.74. The molecule has 18 heavy (non-hydrogen) atoms. The van der Waals surface area contributed by atoms with Crippen molar-refractivity contribution in [1.82, 2.24) is 0 Å². The van der Waals surface area contributed by atoms with Crippen molar-refractivity contribution in [3.05, 3.63) is 0 Å². The van der Waals surface area contributed by atoms with Crippen LogP contribution < -0.4 is 0 Å². The smallest absolute Gasteiger partial charge is 0.379 e. The summed E-state index contributed by atoms with van der Waals surface area (Å²) in [5.41, 5.74) is 0. The molecule has 0 bridgehead atoms. The zero-order valence-corrected chi connectivity index (χ0v) is 12.4. The zero-order chi connectivity index (χ0) is 13.7. The van der Waals surface area contributed by atoms with Gasteiger partial charge in [0.1, 0.15) is 0 Å². The van der Waals surface area contributed by atoms with Crippen molar-refractivity contribution in [2.75, 3.05) is 47.8 Å². The van der Waals surface area contributed by atoms with Gasteiger partial charge >= 0.3 is 8.80 Å². The van der Waals surface area contributed by atoms with Gasteiger partial charge in [0.15, 0.2) is 0 Å². The van der Waals surface area contributed by atoms with Gasteiger partial charge in [0.05, 0.1) is 32.3 Å². The molecular weight excluding hydrogens is 254 g/mol. The third kappa shape index (κ3) is 7.76. The maximum absolute atomic E-state index is 8.29. The Balaban J connectivity index is 3.42. The van der Waals surface area contributed by atoms with E-state index in [9.17, 15) is 0 Å². The number of hydrogen-bond acceptors (Lipinski definition) is 6. The Hall–Kier alpha value is -0.493. The van der Waals surface area contributed by atoms with Crippen molar-refractivity contribution in [2.45, 2.75) is 18.9 Å². The molecule has 0 aliphatic carbocycles. The lowest BCUT2D eigenvalue weighted by molar-refractivity contribution is 0.0477. The average Bonchev–Trinajstić information content (AvgIpc) is 2.42. The van der Waals surface area contributed by atoms with E-state index in [1.807, 2.05) is 6.07 Å². The molecule has 6 nitrogen and oxygen atoms in total. The monoisotopic (exact) mass is 277 g/mol. The Morgan fingerprint density at radius 3 is 1.94 bits per heavy atom. The van der Waals surface area contributed by atoms with Crippen molar-refractivity contribution >= 4 is 8.80 Å². The molecule has 0 aliphatic heterocycles. The summed E-state index contributed by atoms with van der Waals surface area (Å²) < 4.78 is 26.4. The maximum atomic E-state index is 8.29. The Morgan fingerprint density at radius 2 is 1.44 bits per heavy atom. The normalized spacial score (nSPS) is 11.4. The second kappa shape index (κ2) is 11.6. The van der Waals surface area contributed by atoms with E-state index in [1.165, 1.54) is 0 Å². The van der Waals surface area contributed by atoms with E-state index in [0.29, 0.717) is 32.8 Å². The predicted octanol–water partition coefficient (Wildman–Crippen LogP) is 1.20. The second-order valence-corrected chi connectivity index (χ2v) is 6.62. The van der Waals surface area contributed by atoms with Crippen molar-refractivity contribution < 1.29 is 22.8 Å². The lowest BCUT2D eigenvalue weighted by Crippen LogP contribution is -2.42. The highest BCUT2D eigenvalue weighted by atomic mass is 28.4.